The summed E-state index contributed by atoms with van der Waals surface area (Å²) in [6, 6.07) is 12.1. The van der Waals surface area contributed by atoms with Crippen molar-refractivity contribution >= 4 is 5.91 Å². The molecular formula is C21H23FN2O2. The van der Waals surface area contributed by atoms with Crippen molar-refractivity contribution in [3.8, 4) is 5.75 Å². The molecule has 0 atom stereocenters. The molecule has 1 saturated heterocycles. The number of fused-ring (bicyclic) bond motifs is 1. The average molecular weight is 354 g/mol. The topological polar surface area (TPSA) is 32.8 Å². The summed E-state index contributed by atoms with van der Waals surface area (Å²) in [6.45, 7) is 4.66. The van der Waals surface area contributed by atoms with Gasteiger partial charge < -0.3 is 9.64 Å². The van der Waals surface area contributed by atoms with Crippen LogP contribution >= 0.6 is 0 Å². The zero-order valence-corrected chi connectivity index (χ0v) is 14.8. The van der Waals surface area contributed by atoms with Crippen LogP contribution in [0, 0.1) is 5.82 Å². The Balaban J connectivity index is 1.53. The highest BCUT2D eigenvalue weighted by Gasteiger charge is 2.22. The molecule has 26 heavy (non-hydrogen) atoms. The third-order valence-corrected chi connectivity index (χ3v) is 5.07. The van der Waals surface area contributed by atoms with Gasteiger partial charge >= 0.3 is 0 Å². The highest BCUT2D eigenvalue weighted by Crippen LogP contribution is 2.26. The first-order valence-electron chi connectivity index (χ1n) is 9.21. The van der Waals surface area contributed by atoms with Gasteiger partial charge in [-0.25, -0.2) is 4.39 Å². The lowest BCUT2D eigenvalue weighted by Crippen LogP contribution is -2.32. The van der Waals surface area contributed by atoms with Crippen LogP contribution in [0.3, 0.4) is 0 Å². The van der Waals surface area contributed by atoms with Crippen molar-refractivity contribution in [1.82, 2.24) is 9.80 Å². The molecule has 0 N–H and O–H groups in total. The predicted octanol–water partition coefficient (Wildman–Crippen LogP) is 3.46. The van der Waals surface area contributed by atoms with Crippen LogP contribution in [0.15, 0.2) is 42.5 Å². The standard InChI is InChI=1S/C21H23FN2O2/c22-19-5-3-4-17(13-19)21(25)24-10-11-26-20-7-6-16(12-18(20)15-24)14-23-8-1-2-9-23/h3-7,12-13H,1-2,8-11,14-15H2. The summed E-state index contributed by atoms with van der Waals surface area (Å²) in [5, 5.41) is 0. The molecule has 2 heterocycles. The van der Waals surface area contributed by atoms with Gasteiger partial charge in [0.2, 0.25) is 0 Å². The van der Waals surface area contributed by atoms with E-state index in [1.807, 2.05) is 6.07 Å². The van der Waals surface area contributed by atoms with E-state index in [-0.39, 0.29) is 5.91 Å². The SMILES string of the molecule is O=C(c1cccc(F)c1)N1CCOc2ccc(CN3CCCC3)cc2C1. The second-order valence-corrected chi connectivity index (χ2v) is 7.01. The van der Waals surface area contributed by atoms with E-state index in [9.17, 15) is 9.18 Å². The average Bonchev–Trinajstić information content (AvgIpc) is 3.05. The van der Waals surface area contributed by atoms with Crippen molar-refractivity contribution in [3.05, 3.63) is 65.0 Å². The van der Waals surface area contributed by atoms with Crippen molar-refractivity contribution in [3.63, 3.8) is 0 Å². The summed E-state index contributed by atoms with van der Waals surface area (Å²) in [5.41, 5.74) is 2.64. The van der Waals surface area contributed by atoms with Gasteiger partial charge in [0.25, 0.3) is 5.91 Å². The van der Waals surface area contributed by atoms with Gasteiger partial charge in [-0.15, -0.1) is 0 Å². The van der Waals surface area contributed by atoms with Crippen LogP contribution in [0.1, 0.15) is 34.3 Å². The number of carbonyl (C=O) groups excluding carboxylic acids is 1. The smallest absolute Gasteiger partial charge is 0.254 e. The van der Waals surface area contributed by atoms with Gasteiger partial charge in [-0.05, 0) is 61.8 Å². The Morgan fingerprint density at radius 2 is 1.92 bits per heavy atom. The zero-order chi connectivity index (χ0) is 17.9. The molecule has 2 aromatic carbocycles. The fraction of sp³-hybridized carbons (Fsp3) is 0.381. The molecule has 0 unspecified atom stereocenters. The molecule has 136 valence electrons. The zero-order valence-electron chi connectivity index (χ0n) is 14.8. The molecular weight excluding hydrogens is 331 g/mol. The number of likely N-dealkylation sites (tertiary alicyclic amines) is 1. The van der Waals surface area contributed by atoms with Gasteiger partial charge in [0.15, 0.2) is 0 Å². The van der Waals surface area contributed by atoms with Gasteiger partial charge in [0.1, 0.15) is 18.2 Å². The van der Waals surface area contributed by atoms with Crippen LogP contribution in [-0.2, 0) is 13.1 Å². The fourth-order valence-electron chi connectivity index (χ4n) is 3.72. The molecule has 2 aliphatic rings. The quantitative estimate of drug-likeness (QED) is 0.846. The van der Waals surface area contributed by atoms with E-state index >= 15 is 0 Å². The summed E-state index contributed by atoms with van der Waals surface area (Å²) in [7, 11) is 0. The molecule has 0 radical (unpaired) electrons. The number of hydrogen-bond donors (Lipinski definition) is 0. The Labute approximate surface area is 153 Å². The van der Waals surface area contributed by atoms with Crippen molar-refractivity contribution in [2.45, 2.75) is 25.9 Å². The Morgan fingerprint density at radius 3 is 2.73 bits per heavy atom. The first-order valence-corrected chi connectivity index (χ1v) is 9.21. The van der Waals surface area contributed by atoms with Gasteiger partial charge in [-0.2, -0.15) is 0 Å². The Kier molecular flexibility index (Phi) is 4.89. The van der Waals surface area contributed by atoms with Gasteiger partial charge in [-0.1, -0.05) is 12.1 Å². The summed E-state index contributed by atoms with van der Waals surface area (Å²) in [5.74, 6) is 0.283. The highest BCUT2D eigenvalue weighted by atomic mass is 19.1. The molecule has 1 amide bonds. The Morgan fingerprint density at radius 1 is 1.08 bits per heavy atom. The van der Waals surface area contributed by atoms with Crippen LogP contribution in [0.2, 0.25) is 0 Å². The molecule has 4 nitrogen and oxygen atoms in total. The van der Waals surface area contributed by atoms with Crippen molar-refractivity contribution in [1.29, 1.82) is 0 Å². The van der Waals surface area contributed by atoms with Gasteiger partial charge in [-0.3, -0.25) is 9.69 Å². The van der Waals surface area contributed by atoms with E-state index in [2.05, 4.69) is 17.0 Å². The lowest BCUT2D eigenvalue weighted by atomic mass is 10.1. The number of hydrogen-bond acceptors (Lipinski definition) is 3. The summed E-state index contributed by atoms with van der Waals surface area (Å²) >= 11 is 0. The van der Waals surface area contributed by atoms with E-state index in [0.717, 1.165) is 30.9 Å². The first kappa shape index (κ1) is 17.0. The lowest BCUT2D eigenvalue weighted by Gasteiger charge is -2.20. The predicted molar refractivity (Wildman–Crippen MR) is 97.6 cm³/mol. The largest absolute Gasteiger partial charge is 0.491 e. The van der Waals surface area contributed by atoms with Gasteiger partial charge in [0, 0.05) is 24.2 Å². The fourth-order valence-corrected chi connectivity index (χ4v) is 3.72. The summed E-state index contributed by atoms with van der Waals surface area (Å²) in [6.07, 6.45) is 2.54. The second-order valence-electron chi connectivity index (χ2n) is 7.01. The third kappa shape index (κ3) is 3.73. The molecule has 4 rings (SSSR count). The van der Waals surface area contributed by atoms with E-state index in [0.29, 0.717) is 25.3 Å². The van der Waals surface area contributed by atoms with E-state index in [1.165, 1.54) is 30.5 Å². The number of nitrogens with zero attached hydrogens (tertiary/aromatic N) is 2. The van der Waals surface area contributed by atoms with Crippen molar-refractivity contribution in [2.75, 3.05) is 26.2 Å². The molecule has 1 fully saturated rings. The first-order chi connectivity index (χ1) is 12.7. The second kappa shape index (κ2) is 7.46. The number of rotatable bonds is 3. The van der Waals surface area contributed by atoms with Crippen LogP contribution in [0.25, 0.3) is 0 Å². The number of ether oxygens (including phenoxy) is 1. The van der Waals surface area contributed by atoms with E-state index in [1.54, 1.807) is 17.0 Å². The number of benzene rings is 2. The lowest BCUT2D eigenvalue weighted by molar-refractivity contribution is 0.0732. The van der Waals surface area contributed by atoms with Gasteiger partial charge in [0.05, 0.1) is 6.54 Å². The highest BCUT2D eigenvalue weighted by molar-refractivity contribution is 5.94. The van der Waals surface area contributed by atoms with Crippen molar-refractivity contribution < 1.29 is 13.9 Å². The normalized spacial score (nSPS) is 17.5. The van der Waals surface area contributed by atoms with E-state index in [4.69, 9.17) is 4.74 Å². The molecule has 0 aliphatic carbocycles. The minimum absolute atomic E-state index is 0.161. The third-order valence-electron chi connectivity index (χ3n) is 5.07. The number of amides is 1. The van der Waals surface area contributed by atoms with Crippen LogP contribution < -0.4 is 4.74 Å². The minimum atomic E-state index is -0.393. The maximum atomic E-state index is 13.5. The minimum Gasteiger partial charge on any atom is -0.491 e. The van der Waals surface area contributed by atoms with Crippen molar-refractivity contribution in [2.24, 2.45) is 0 Å². The molecule has 0 aromatic heterocycles. The number of carbonyl (C=O) groups is 1. The Hall–Kier alpha value is -2.40. The molecule has 0 saturated carbocycles. The monoisotopic (exact) mass is 354 g/mol. The van der Waals surface area contributed by atoms with Crippen LogP contribution in [0.4, 0.5) is 4.39 Å². The number of halogens is 1. The molecule has 2 aromatic rings. The van der Waals surface area contributed by atoms with Crippen LogP contribution in [0.5, 0.6) is 5.75 Å². The Bertz CT molecular complexity index is 802. The summed E-state index contributed by atoms with van der Waals surface area (Å²) in [4.78, 5) is 17.0. The molecule has 0 bridgehead atoms. The van der Waals surface area contributed by atoms with E-state index < -0.39 is 5.82 Å². The maximum absolute atomic E-state index is 13.5. The van der Waals surface area contributed by atoms with Crippen LogP contribution in [-0.4, -0.2) is 41.9 Å². The molecule has 0 spiro atoms. The summed E-state index contributed by atoms with van der Waals surface area (Å²) < 4.78 is 19.3. The maximum Gasteiger partial charge on any atom is 0.254 e. The molecule has 5 heteroatoms. The molecule has 2 aliphatic heterocycles.